The maximum absolute atomic E-state index is 12.0. The van der Waals surface area contributed by atoms with E-state index in [1.165, 1.54) is 18.4 Å². The van der Waals surface area contributed by atoms with Gasteiger partial charge in [-0.2, -0.15) is 0 Å². The highest BCUT2D eigenvalue weighted by molar-refractivity contribution is 5.87. The normalized spacial score (nSPS) is 15.8. The van der Waals surface area contributed by atoms with Crippen molar-refractivity contribution in [1.29, 1.82) is 0 Å². The van der Waals surface area contributed by atoms with Crippen LogP contribution in [0.15, 0.2) is 109 Å². The molecule has 1 aliphatic heterocycles. The molecule has 1 N–H and O–H groups in total. The van der Waals surface area contributed by atoms with E-state index >= 15 is 0 Å². The second-order valence-electron chi connectivity index (χ2n) is 6.71. The lowest BCUT2D eigenvalue weighted by atomic mass is 9.91. The van der Waals surface area contributed by atoms with Crippen molar-refractivity contribution in [1.82, 2.24) is 4.90 Å². The van der Waals surface area contributed by atoms with Crippen molar-refractivity contribution >= 4 is 5.91 Å². The monoisotopic (exact) mass is 497 g/mol. The van der Waals surface area contributed by atoms with Crippen molar-refractivity contribution in [3.63, 3.8) is 0 Å². The number of β-lactam (4-membered cyclic amide) rings is 1. The van der Waals surface area contributed by atoms with Gasteiger partial charge in [-0.05, 0) is 51.8 Å². The molecule has 1 heterocycles. The third-order valence-corrected chi connectivity index (χ3v) is 4.43. The Labute approximate surface area is 224 Å². The maximum Gasteiger partial charge on any atom is 0.230 e. The maximum atomic E-state index is 12.0. The SMILES string of the molecule is C=C/C=C(\C=C/C)C1CC(=O)N1C(/C=C\C)=C/C=C\C.C=C/C=C\C(=C/C)CCC.CC.CC.CO. The van der Waals surface area contributed by atoms with E-state index in [1.807, 2.05) is 108 Å². The Morgan fingerprint density at radius 2 is 1.47 bits per heavy atom. The molecule has 0 aromatic rings. The van der Waals surface area contributed by atoms with Crippen LogP contribution in [0, 0.1) is 0 Å². The van der Waals surface area contributed by atoms with E-state index in [0.29, 0.717) is 6.42 Å². The van der Waals surface area contributed by atoms with Gasteiger partial charge in [0.25, 0.3) is 0 Å². The molecule has 1 saturated heterocycles. The Bertz CT molecular complexity index is 759. The van der Waals surface area contributed by atoms with Crippen LogP contribution in [0.4, 0.5) is 0 Å². The van der Waals surface area contributed by atoms with Gasteiger partial charge in [-0.25, -0.2) is 0 Å². The van der Waals surface area contributed by atoms with Gasteiger partial charge in [-0.15, -0.1) is 0 Å². The lowest BCUT2D eigenvalue weighted by Crippen LogP contribution is -2.52. The molecule has 36 heavy (non-hydrogen) atoms. The van der Waals surface area contributed by atoms with Crippen LogP contribution >= 0.6 is 0 Å². The predicted octanol–water partition coefficient (Wildman–Crippen LogP) is 9.45. The molecular formula is C33H55NO2. The smallest absolute Gasteiger partial charge is 0.230 e. The first kappa shape index (κ1) is 40.3. The van der Waals surface area contributed by atoms with E-state index in [1.54, 1.807) is 12.2 Å². The summed E-state index contributed by atoms with van der Waals surface area (Å²) in [6, 6.07) is 0.101. The zero-order valence-corrected chi connectivity index (χ0v) is 24.9. The highest BCUT2D eigenvalue weighted by Gasteiger charge is 2.38. The lowest BCUT2D eigenvalue weighted by molar-refractivity contribution is -0.140. The molecule has 0 saturated carbocycles. The summed E-state index contributed by atoms with van der Waals surface area (Å²) in [5.74, 6) is 0.156. The molecule has 0 aliphatic carbocycles. The number of rotatable bonds is 10. The third-order valence-electron chi connectivity index (χ3n) is 4.43. The molecule has 3 nitrogen and oxygen atoms in total. The summed E-state index contributed by atoms with van der Waals surface area (Å²) < 4.78 is 0. The minimum Gasteiger partial charge on any atom is -0.400 e. The van der Waals surface area contributed by atoms with E-state index in [9.17, 15) is 4.79 Å². The Kier molecular flexibility index (Phi) is 35.9. The van der Waals surface area contributed by atoms with Gasteiger partial charge in [0.2, 0.25) is 5.91 Å². The van der Waals surface area contributed by atoms with Crippen LogP contribution in [0.25, 0.3) is 0 Å². The Balaban J connectivity index is -0.000000270. The second kappa shape index (κ2) is 32.1. The van der Waals surface area contributed by atoms with Crippen LogP contribution in [0.5, 0.6) is 0 Å². The number of carbonyl (C=O) groups excluding carboxylic acids is 1. The van der Waals surface area contributed by atoms with Gasteiger partial charge in [0.1, 0.15) is 0 Å². The molecular weight excluding hydrogens is 442 g/mol. The highest BCUT2D eigenvalue weighted by atomic mass is 16.2. The summed E-state index contributed by atoms with van der Waals surface area (Å²) in [6.45, 7) is 25.5. The van der Waals surface area contributed by atoms with E-state index in [0.717, 1.165) is 18.4 Å². The van der Waals surface area contributed by atoms with E-state index in [-0.39, 0.29) is 11.9 Å². The molecule has 3 heteroatoms. The third kappa shape index (κ3) is 18.4. The summed E-state index contributed by atoms with van der Waals surface area (Å²) in [5, 5.41) is 7.00. The predicted molar refractivity (Wildman–Crippen MR) is 165 cm³/mol. The Morgan fingerprint density at radius 1 is 0.889 bits per heavy atom. The number of hydrogen-bond donors (Lipinski definition) is 1. The molecule has 1 amide bonds. The molecule has 1 aliphatic rings. The van der Waals surface area contributed by atoms with Crippen molar-refractivity contribution in [2.24, 2.45) is 0 Å². The number of likely N-dealkylation sites (tertiary alicyclic amines) is 1. The van der Waals surface area contributed by atoms with Crippen LogP contribution in [0.2, 0.25) is 0 Å². The first-order chi connectivity index (χ1) is 17.5. The minimum atomic E-state index is 0.101. The fourth-order valence-electron chi connectivity index (χ4n) is 3.00. The van der Waals surface area contributed by atoms with E-state index in [4.69, 9.17) is 5.11 Å². The van der Waals surface area contributed by atoms with Gasteiger partial charge in [-0.3, -0.25) is 4.79 Å². The fraction of sp³-hybridized carbons (Fsp3) is 0.424. The molecule has 1 rings (SSSR count). The van der Waals surface area contributed by atoms with Crippen molar-refractivity contribution < 1.29 is 9.90 Å². The van der Waals surface area contributed by atoms with Crippen molar-refractivity contribution in [2.75, 3.05) is 7.11 Å². The fourth-order valence-corrected chi connectivity index (χ4v) is 3.00. The van der Waals surface area contributed by atoms with Crippen LogP contribution in [0.3, 0.4) is 0 Å². The number of amides is 1. The Hall–Kier alpha value is -2.91. The zero-order valence-electron chi connectivity index (χ0n) is 24.9. The summed E-state index contributed by atoms with van der Waals surface area (Å²) in [7, 11) is 1.00. The minimum absolute atomic E-state index is 0.101. The molecule has 0 radical (unpaired) electrons. The largest absolute Gasteiger partial charge is 0.400 e. The van der Waals surface area contributed by atoms with Crippen molar-refractivity contribution in [3.05, 3.63) is 109 Å². The van der Waals surface area contributed by atoms with Crippen molar-refractivity contribution in [2.45, 2.75) is 87.6 Å². The quantitative estimate of drug-likeness (QED) is 0.241. The first-order valence-corrected chi connectivity index (χ1v) is 13.2. The first-order valence-electron chi connectivity index (χ1n) is 13.2. The molecule has 0 bridgehead atoms. The van der Waals surface area contributed by atoms with Crippen molar-refractivity contribution in [3.8, 4) is 0 Å². The summed E-state index contributed by atoms with van der Waals surface area (Å²) in [5.41, 5.74) is 3.42. The van der Waals surface area contributed by atoms with Gasteiger partial charge in [0.15, 0.2) is 0 Å². The standard InChI is InChI=1S/C18H23NO.C10H16.2C2H6.CH4O/c1-5-9-13-16(12-8-4)19-17(14-18(19)20)15(10-6-2)11-7-3;1-4-7-9-10(6-3)8-5-2;3*1-2/h5-13,17H,2,14H2,1,3-4H3;4,6-7,9H,1,5,8H2,2-3H3;2*1-2H3;2H,1H3/b9-5-,11-7-,12-8-,15-10+,16-13+;9-7-,10-6-;;;. The molecule has 1 fully saturated rings. The molecule has 0 spiro atoms. The van der Waals surface area contributed by atoms with Gasteiger partial charge >= 0.3 is 0 Å². The second-order valence-corrected chi connectivity index (χ2v) is 6.71. The number of carbonyl (C=O) groups is 1. The topological polar surface area (TPSA) is 40.5 Å². The van der Waals surface area contributed by atoms with E-state index in [2.05, 4.69) is 39.2 Å². The van der Waals surface area contributed by atoms with Crippen LogP contribution < -0.4 is 0 Å². The van der Waals surface area contributed by atoms with Gasteiger partial charge in [0, 0.05) is 12.8 Å². The summed E-state index contributed by atoms with van der Waals surface area (Å²) >= 11 is 0. The Morgan fingerprint density at radius 3 is 1.86 bits per heavy atom. The lowest BCUT2D eigenvalue weighted by Gasteiger charge is -2.42. The molecule has 1 atom stereocenters. The zero-order chi connectivity index (χ0) is 28.8. The summed E-state index contributed by atoms with van der Waals surface area (Å²) in [6.07, 6.45) is 28.5. The molecule has 0 aromatic carbocycles. The van der Waals surface area contributed by atoms with Crippen LogP contribution in [-0.2, 0) is 4.79 Å². The van der Waals surface area contributed by atoms with E-state index < -0.39 is 0 Å². The number of allylic oxidation sites excluding steroid dienone is 13. The average molecular weight is 498 g/mol. The highest BCUT2D eigenvalue weighted by Crippen LogP contribution is 2.31. The molecule has 204 valence electrons. The van der Waals surface area contributed by atoms with Gasteiger partial charge in [-0.1, -0.05) is 127 Å². The number of aliphatic hydroxyl groups excluding tert-OH is 1. The number of nitrogens with zero attached hydrogens (tertiary/aromatic N) is 1. The summed E-state index contributed by atoms with van der Waals surface area (Å²) in [4.78, 5) is 13.8. The van der Waals surface area contributed by atoms with Crippen LogP contribution in [-0.4, -0.2) is 29.1 Å². The number of aliphatic hydroxyl groups is 1. The van der Waals surface area contributed by atoms with Gasteiger partial charge < -0.3 is 10.0 Å². The van der Waals surface area contributed by atoms with Gasteiger partial charge in [0.05, 0.1) is 12.5 Å². The molecule has 1 unspecified atom stereocenters. The molecule has 0 aromatic heterocycles. The van der Waals surface area contributed by atoms with Crippen LogP contribution in [0.1, 0.15) is 81.6 Å². The number of hydrogen-bond acceptors (Lipinski definition) is 2. The average Bonchev–Trinajstić information content (AvgIpc) is 2.92.